The summed E-state index contributed by atoms with van der Waals surface area (Å²) in [6.45, 7) is 1.93. The fourth-order valence-electron chi connectivity index (χ4n) is 3.38. The molecule has 0 unspecified atom stereocenters. The molecule has 0 radical (unpaired) electrons. The summed E-state index contributed by atoms with van der Waals surface area (Å²) in [7, 11) is 0. The Labute approximate surface area is 102 Å². The number of hydrogen-bond acceptors (Lipinski definition) is 4. The van der Waals surface area contributed by atoms with Crippen LogP contribution < -0.4 is 4.90 Å². The molecule has 0 amide bonds. The zero-order chi connectivity index (χ0) is 11.7. The van der Waals surface area contributed by atoms with Crippen molar-refractivity contribution in [3.05, 3.63) is 18.5 Å². The molecule has 1 saturated heterocycles. The van der Waals surface area contributed by atoms with E-state index >= 15 is 0 Å². The first kappa shape index (κ1) is 11.0. The van der Waals surface area contributed by atoms with E-state index in [1.807, 2.05) is 6.07 Å². The van der Waals surface area contributed by atoms with Gasteiger partial charge in [-0.25, -0.2) is 9.97 Å². The molecule has 1 aliphatic carbocycles. The number of hydrogen-bond donors (Lipinski definition) is 1. The lowest BCUT2D eigenvalue weighted by Crippen LogP contribution is -2.47. The van der Waals surface area contributed by atoms with Gasteiger partial charge in [-0.15, -0.1) is 0 Å². The zero-order valence-corrected chi connectivity index (χ0v) is 10.0. The summed E-state index contributed by atoms with van der Waals surface area (Å²) in [6, 6.07) is 1.84. The first-order valence-corrected chi connectivity index (χ1v) is 6.50. The van der Waals surface area contributed by atoms with Gasteiger partial charge in [-0.2, -0.15) is 0 Å². The Morgan fingerprint density at radius 1 is 1.24 bits per heavy atom. The molecule has 0 bridgehead atoms. The predicted octanol–water partition coefficient (Wildman–Crippen LogP) is 1.61. The fraction of sp³-hybridized carbons (Fsp3) is 0.692. The van der Waals surface area contributed by atoms with Gasteiger partial charge in [0.05, 0.1) is 6.10 Å². The van der Waals surface area contributed by atoms with Gasteiger partial charge in [0.15, 0.2) is 0 Å². The molecule has 1 N–H and O–H groups in total. The van der Waals surface area contributed by atoms with Crippen molar-refractivity contribution in [1.29, 1.82) is 0 Å². The largest absolute Gasteiger partial charge is 0.392 e. The van der Waals surface area contributed by atoms with Crippen molar-refractivity contribution in [2.24, 2.45) is 5.41 Å². The average Bonchev–Trinajstić information content (AvgIpc) is 2.72. The second-order valence-electron chi connectivity index (χ2n) is 5.34. The summed E-state index contributed by atoms with van der Waals surface area (Å²) in [5.41, 5.74) is 0.109. The lowest BCUT2D eigenvalue weighted by Gasteiger charge is -2.42. The minimum atomic E-state index is -0.131. The number of aliphatic hydroxyl groups is 1. The molecule has 2 fully saturated rings. The average molecular weight is 233 g/mol. The van der Waals surface area contributed by atoms with Crippen molar-refractivity contribution in [3.8, 4) is 0 Å². The number of aliphatic hydroxyl groups excluding tert-OH is 1. The third kappa shape index (κ3) is 1.90. The fourth-order valence-corrected chi connectivity index (χ4v) is 3.38. The van der Waals surface area contributed by atoms with E-state index in [0.717, 1.165) is 51.1 Å². The molecule has 17 heavy (non-hydrogen) atoms. The molecular formula is C13H19N3O. The Morgan fingerprint density at radius 2 is 2.00 bits per heavy atom. The highest BCUT2D eigenvalue weighted by molar-refractivity contribution is 5.30. The summed E-state index contributed by atoms with van der Waals surface area (Å²) in [5, 5.41) is 10.2. The second-order valence-corrected chi connectivity index (χ2v) is 5.34. The topological polar surface area (TPSA) is 49.2 Å². The third-order valence-corrected chi connectivity index (χ3v) is 4.30. The van der Waals surface area contributed by atoms with E-state index in [1.54, 1.807) is 12.4 Å². The van der Waals surface area contributed by atoms with Crippen LogP contribution in [0.4, 0.5) is 5.95 Å². The van der Waals surface area contributed by atoms with Crippen molar-refractivity contribution >= 4 is 5.95 Å². The highest BCUT2D eigenvalue weighted by Crippen LogP contribution is 2.45. The van der Waals surface area contributed by atoms with Crippen LogP contribution in [0.5, 0.6) is 0 Å². The molecule has 92 valence electrons. The molecule has 2 atom stereocenters. The third-order valence-electron chi connectivity index (χ3n) is 4.30. The van der Waals surface area contributed by atoms with E-state index < -0.39 is 0 Å². The van der Waals surface area contributed by atoms with Gasteiger partial charge < -0.3 is 10.0 Å². The number of piperidine rings is 1. The Balaban J connectivity index is 1.80. The Hall–Kier alpha value is -1.16. The molecule has 0 aromatic carbocycles. The van der Waals surface area contributed by atoms with Crippen LogP contribution in [-0.2, 0) is 0 Å². The van der Waals surface area contributed by atoms with Crippen LogP contribution in [-0.4, -0.2) is 34.3 Å². The molecule has 1 spiro atoms. The van der Waals surface area contributed by atoms with Crippen molar-refractivity contribution in [3.63, 3.8) is 0 Å². The SMILES string of the molecule is O[C@@H]1CCC[C@@]12CCCN(c1ncccn1)C2. The molecule has 4 nitrogen and oxygen atoms in total. The van der Waals surface area contributed by atoms with Crippen LogP contribution in [0.2, 0.25) is 0 Å². The van der Waals surface area contributed by atoms with Crippen molar-refractivity contribution in [2.75, 3.05) is 18.0 Å². The minimum absolute atomic E-state index is 0.109. The smallest absolute Gasteiger partial charge is 0.225 e. The zero-order valence-electron chi connectivity index (χ0n) is 10.0. The van der Waals surface area contributed by atoms with Crippen LogP contribution in [0.3, 0.4) is 0 Å². The Morgan fingerprint density at radius 3 is 2.71 bits per heavy atom. The van der Waals surface area contributed by atoms with Crippen molar-refractivity contribution < 1.29 is 5.11 Å². The molecule has 2 aliphatic rings. The first-order chi connectivity index (χ1) is 8.30. The normalized spacial score (nSPS) is 33.2. The lowest BCUT2D eigenvalue weighted by atomic mass is 9.77. The maximum atomic E-state index is 10.2. The number of anilines is 1. The van der Waals surface area contributed by atoms with Gasteiger partial charge in [0.1, 0.15) is 0 Å². The van der Waals surface area contributed by atoms with Gasteiger partial charge in [-0.3, -0.25) is 0 Å². The standard InChI is InChI=1S/C13H19N3O/c17-11-4-1-5-13(11)6-2-9-16(10-13)12-14-7-3-8-15-12/h3,7-8,11,17H,1-2,4-6,9-10H2/t11-,13+/m1/s1. The predicted molar refractivity (Wildman–Crippen MR) is 65.8 cm³/mol. The molecule has 4 heteroatoms. The second kappa shape index (κ2) is 4.26. The van der Waals surface area contributed by atoms with Crippen LogP contribution >= 0.6 is 0 Å². The van der Waals surface area contributed by atoms with E-state index in [1.165, 1.54) is 0 Å². The van der Waals surface area contributed by atoms with Gasteiger partial charge in [0.25, 0.3) is 0 Å². The molecule has 1 aliphatic heterocycles. The van der Waals surface area contributed by atoms with E-state index in [2.05, 4.69) is 14.9 Å². The summed E-state index contributed by atoms with van der Waals surface area (Å²) in [5.74, 6) is 0.811. The summed E-state index contributed by atoms with van der Waals surface area (Å²) < 4.78 is 0. The van der Waals surface area contributed by atoms with Crippen molar-refractivity contribution in [2.45, 2.75) is 38.2 Å². The van der Waals surface area contributed by atoms with Gasteiger partial charge in [-0.05, 0) is 31.7 Å². The van der Waals surface area contributed by atoms with Crippen molar-refractivity contribution in [1.82, 2.24) is 9.97 Å². The molecule has 1 aromatic heterocycles. The molecule has 1 saturated carbocycles. The lowest BCUT2D eigenvalue weighted by molar-refractivity contribution is 0.0406. The first-order valence-electron chi connectivity index (χ1n) is 6.50. The van der Waals surface area contributed by atoms with Gasteiger partial charge >= 0.3 is 0 Å². The monoisotopic (exact) mass is 233 g/mol. The molecule has 3 rings (SSSR count). The highest BCUT2D eigenvalue weighted by atomic mass is 16.3. The van der Waals surface area contributed by atoms with E-state index in [4.69, 9.17) is 0 Å². The van der Waals surface area contributed by atoms with Gasteiger partial charge in [0.2, 0.25) is 5.95 Å². The number of aromatic nitrogens is 2. The maximum absolute atomic E-state index is 10.2. The molecule has 2 heterocycles. The van der Waals surface area contributed by atoms with Crippen LogP contribution in [0.1, 0.15) is 32.1 Å². The van der Waals surface area contributed by atoms with Crippen LogP contribution in [0, 0.1) is 5.41 Å². The number of rotatable bonds is 1. The minimum Gasteiger partial charge on any atom is -0.392 e. The summed E-state index contributed by atoms with van der Waals surface area (Å²) in [4.78, 5) is 10.9. The van der Waals surface area contributed by atoms with E-state index in [0.29, 0.717) is 0 Å². The van der Waals surface area contributed by atoms with Crippen LogP contribution in [0.15, 0.2) is 18.5 Å². The quantitative estimate of drug-likeness (QED) is 0.800. The van der Waals surface area contributed by atoms with E-state index in [9.17, 15) is 5.11 Å². The number of nitrogens with zero attached hydrogens (tertiary/aromatic N) is 3. The van der Waals surface area contributed by atoms with Crippen LogP contribution in [0.25, 0.3) is 0 Å². The van der Waals surface area contributed by atoms with Gasteiger partial charge in [-0.1, -0.05) is 6.42 Å². The molecular weight excluding hydrogens is 214 g/mol. The summed E-state index contributed by atoms with van der Waals surface area (Å²) in [6.07, 6.45) is 9.00. The van der Waals surface area contributed by atoms with Gasteiger partial charge in [0, 0.05) is 30.9 Å². The Bertz CT molecular complexity index is 384. The van der Waals surface area contributed by atoms with E-state index in [-0.39, 0.29) is 11.5 Å². The highest BCUT2D eigenvalue weighted by Gasteiger charge is 2.45. The molecule has 1 aromatic rings. The maximum Gasteiger partial charge on any atom is 0.225 e. The summed E-state index contributed by atoms with van der Waals surface area (Å²) >= 11 is 0. The Kier molecular flexibility index (Phi) is 2.74.